The molecule has 0 aliphatic carbocycles. The third-order valence-corrected chi connectivity index (χ3v) is 3.09. The fourth-order valence-corrected chi connectivity index (χ4v) is 2.37. The van der Waals surface area contributed by atoms with Crippen LogP contribution < -0.4 is 0 Å². The molecule has 1 fully saturated rings. The first-order valence-corrected chi connectivity index (χ1v) is 5.15. The van der Waals surface area contributed by atoms with Crippen LogP contribution in [-0.4, -0.2) is 36.0 Å². The second kappa shape index (κ2) is 4.63. The van der Waals surface area contributed by atoms with E-state index in [1.54, 1.807) is 0 Å². The summed E-state index contributed by atoms with van der Waals surface area (Å²) in [5, 5.41) is 8.50. The maximum atomic E-state index is 8.50. The first-order chi connectivity index (χ1) is 5.33. The molecule has 1 rings (SSSR count). The molecule has 1 aliphatic heterocycles. The monoisotopic (exact) mass is 170 g/mol. The summed E-state index contributed by atoms with van der Waals surface area (Å²) >= 11 is 2.00. The van der Waals surface area contributed by atoms with Crippen LogP contribution in [0.1, 0.15) is 6.92 Å². The second-order valence-corrected chi connectivity index (χ2v) is 4.22. The van der Waals surface area contributed by atoms with Crippen molar-refractivity contribution in [3.63, 3.8) is 0 Å². The topological polar surface area (TPSA) is 27.0 Å². The number of hydrogen-bond acceptors (Lipinski definition) is 3. The van der Waals surface area contributed by atoms with E-state index >= 15 is 0 Å². The fourth-order valence-electron chi connectivity index (χ4n) is 1.31. The molecular formula is C8H14N2S. The van der Waals surface area contributed by atoms with E-state index in [1.165, 1.54) is 11.5 Å². The van der Waals surface area contributed by atoms with Gasteiger partial charge in [0, 0.05) is 18.8 Å². The Kier molecular flexibility index (Phi) is 3.74. The summed E-state index contributed by atoms with van der Waals surface area (Å²) < 4.78 is 0. The maximum Gasteiger partial charge on any atom is 0.0866 e. The molecule has 11 heavy (non-hydrogen) atoms. The second-order valence-electron chi connectivity index (χ2n) is 3.07. The molecule has 0 N–H and O–H groups in total. The minimum absolute atomic E-state index is 0.602. The van der Waals surface area contributed by atoms with Gasteiger partial charge in [0.05, 0.1) is 12.6 Å². The summed E-state index contributed by atoms with van der Waals surface area (Å²) in [5.41, 5.74) is 0. The van der Waals surface area contributed by atoms with Crippen LogP contribution in [0.15, 0.2) is 0 Å². The van der Waals surface area contributed by atoms with Gasteiger partial charge in [-0.2, -0.15) is 17.0 Å². The molecular weight excluding hydrogens is 156 g/mol. The third-order valence-electron chi connectivity index (χ3n) is 1.82. The first kappa shape index (κ1) is 8.89. The number of nitrogens with zero attached hydrogens (tertiary/aromatic N) is 2. The molecule has 1 atom stereocenters. The van der Waals surface area contributed by atoms with E-state index in [1.807, 2.05) is 11.8 Å². The predicted molar refractivity (Wildman–Crippen MR) is 48.5 cm³/mol. The van der Waals surface area contributed by atoms with Gasteiger partial charge < -0.3 is 0 Å². The van der Waals surface area contributed by atoms with Gasteiger partial charge in [-0.05, 0) is 11.7 Å². The van der Waals surface area contributed by atoms with Crippen molar-refractivity contribution in [3.8, 4) is 6.07 Å². The summed E-state index contributed by atoms with van der Waals surface area (Å²) in [6, 6.07) is 2.20. The number of hydrogen-bond donors (Lipinski definition) is 0. The molecule has 0 aromatic heterocycles. The Morgan fingerprint density at radius 3 is 3.27 bits per heavy atom. The highest BCUT2D eigenvalue weighted by atomic mass is 32.2. The first-order valence-electron chi connectivity index (χ1n) is 4.00. The van der Waals surface area contributed by atoms with Crippen molar-refractivity contribution in [1.82, 2.24) is 4.90 Å². The van der Waals surface area contributed by atoms with Crippen molar-refractivity contribution in [1.29, 1.82) is 5.26 Å². The number of nitriles is 1. The predicted octanol–water partition coefficient (Wildman–Crippen LogP) is 1.19. The molecule has 3 heteroatoms. The number of thioether (sulfide) groups is 1. The Balaban J connectivity index is 2.34. The van der Waals surface area contributed by atoms with Gasteiger partial charge in [0.1, 0.15) is 0 Å². The lowest BCUT2D eigenvalue weighted by molar-refractivity contribution is 0.295. The van der Waals surface area contributed by atoms with Crippen LogP contribution >= 0.6 is 11.8 Å². The van der Waals surface area contributed by atoms with E-state index in [2.05, 4.69) is 17.9 Å². The molecule has 0 radical (unpaired) electrons. The molecule has 1 saturated heterocycles. The van der Waals surface area contributed by atoms with Gasteiger partial charge in [0.25, 0.3) is 0 Å². The van der Waals surface area contributed by atoms with Crippen molar-refractivity contribution >= 4 is 11.8 Å². The van der Waals surface area contributed by atoms with Crippen LogP contribution in [0.25, 0.3) is 0 Å². The Hall–Kier alpha value is -0.200. The van der Waals surface area contributed by atoms with Gasteiger partial charge in [-0.25, -0.2) is 0 Å². The van der Waals surface area contributed by atoms with Crippen LogP contribution in [0.2, 0.25) is 0 Å². The van der Waals surface area contributed by atoms with Gasteiger partial charge in [0.2, 0.25) is 0 Å². The lowest BCUT2D eigenvalue weighted by atomic mass is 10.2. The van der Waals surface area contributed by atoms with Gasteiger partial charge in [0.15, 0.2) is 0 Å². The van der Waals surface area contributed by atoms with E-state index < -0.39 is 0 Å². The van der Waals surface area contributed by atoms with Crippen molar-refractivity contribution in [2.45, 2.75) is 6.92 Å². The lowest BCUT2D eigenvalue weighted by Crippen LogP contribution is -2.29. The molecule has 0 aromatic rings. The molecule has 0 bridgehead atoms. The van der Waals surface area contributed by atoms with Crippen LogP contribution in [0.4, 0.5) is 0 Å². The van der Waals surface area contributed by atoms with Gasteiger partial charge in [-0.3, -0.25) is 4.90 Å². The zero-order chi connectivity index (χ0) is 8.10. The molecule has 0 saturated carbocycles. The Bertz CT molecular complexity index is 153. The largest absolute Gasteiger partial charge is 0.289 e. The minimum Gasteiger partial charge on any atom is -0.289 e. The van der Waals surface area contributed by atoms with Crippen molar-refractivity contribution < 1.29 is 0 Å². The SMILES string of the molecule is CC1CSCCN(CC#N)C1. The third kappa shape index (κ3) is 3.13. The summed E-state index contributed by atoms with van der Waals surface area (Å²) in [6.45, 7) is 5.04. The van der Waals surface area contributed by atoms with E-state index in [9.17, 15) is 0 Å². The van der Waals surface area contributed by atoms with Gasteiger partial charge in [-0.15, -0.1) is 0 Å². The molecule has 0 amide bonds. The molecule has 62 valence electrons. The summed E-state index contributed by atoms with van der Waals surface area (Å²) in [7, 11) is 0. The fraction of sp³-hybridized carbons (Fsp3) is 0.875. The summed E-state index contributed by atoms with van der Waals surface area (Å²) in [6.07, 6.45) is 0. The zero-order valence-electron chi connectivity index (χ0n) is 6.92. The summed E-state index contributed by atoms with van der Waals surface area (Å²) in [5.74, 6) is 3.18. The van der Waals surface area contributed by atoms with Crippen LogP contribution in [0.5, 0.6) is 0 Å². The van der Waals surface area contributed by atoms with E-state index in [4.69, 9.17) is 5.26 Å². The van der Waals surface area contributed by atoms with Crippen LogP contribution in [-0.2, 0) is 0 Å². The van der Waals surface area contributed by atoms with Crippen LogP contribution in [0.3, 0.4) is 0 Å². The normalized spacial score (nSPS) is 27.5. The van der Waals surface area contributed by atoms with Gasteiger partial charge >= 0.3 is 0 Å². The molecule has 0 spiro atoms. The standard InChI is InChI=1S/C8H14N2S/c1-8-6-10(3-2-9)4-5-11-7-8/h8H,3-7H2,1H3. The highest BCUT2D eigenvalue weighted by Gasteiger charge is 2.13. The highest BCUT2D eigenvalue weighted by molar-refractivity contribution is 7.99. The quantitative estimate of drug-likeness (QED) is 0.553. The Morgan fingerprint density at radius 1 is 1.73 bits per heavy atom. The van der Waals surface area contributed by atoms with E-state index in [0.717, 1.165) is 19.0 Å². The maximum absolute atomic E-state index is 8.50. The van der Waals surface area contributed by atoms with Crippen LogP contribution in [0, 0.1) is 17.2 Å². The van der Waals surface area contributed by atoms with E-state index in [0.29, 0.717) is 6.54 Å². The van der Waals surface area contributed by atoms with Crippen molar-refractivity contribution in [3.05, 3.63) is 0 Å². The van der Waals surface area contributed by atoms with Crippen molar-refractivity contribution in [2.75, 3.05) is 31.1 Å². The molecule has 1 heterocycles. The molecule has 1 aliphatic rings. The Labute approximate surface area is 72.6 Å². The number of rotatable bonds is 1. The lowest BCUT2D eigenvalue weighted by Gasteiger charge is -2.17. The minimum atomic E-state index is 0.602. The summed E-state index contributed by atoms with van der Waals surface area (Å²) in [4.78, 5) is 2.24. The molecule has 1 unspecified atom stereocenters. The smallest absolute Gasteiger partial charge is 0.0866 e. The highest BCUT2D eigenvalue weighted by Crippen LogP contribution is 2.14. The average molecular weight is 170 g/mol. The van der Waals surface area contributed by atoms with Crippen molar-refractivity contribution in [2.24, 2.45) is 5.92 Å². The molecule has 2 nitrogen and oxygen atoms in total. The van der Waals surface area contributed by atoms with Gasteiger partial charge in [-0.1, -0.05) is 6.92 Å². The molecule has 0 aromatic carbocycles. The zero-order valence-corrected chi connectivity index (χ0v) is 7.73. The average Bonchev–Trinajstić information content (AvgIpc) is 2.15. The Morgan fingerprint density at radius 2 is 2.55 bits per heavy atom. The van der Waals surface area contributed by atoms with E-state index in [-0.39, 0.29) is 0 Å².